The van der Waals surface area contributed by atoms with Crippen LogP contribution in [0.5, 0.6) is 0 Å². The van der Waals surface area contributed by atoms with Crippen LogP contribution in [0.4, 0.5) is 0 Å². The maximum absolute atomic E-state index is 12.7. The summed E-state index contributed by atoms with van der Waals surface area (Å²) >= 11 is 0. The lowest BCUT2D eigenvalue weighted by atomic mass is 9.78. The van der Waals surface area contributed by atoms with Crippen molar-refractivity contribution in [3.05, 3.63) is 35.9 Å². The molecule has 0 aliphatic heterocycles. The van der Waals surface area contributed by atoms with Gasteiger partial charge in [-0.25, -0.2) is 4.79 Å². The van der Waals surface area contributed by atoms with E-state index in [0.717, 1.165) is 31.2 Å². The number of carboxylic acid groups (broad SMARTS) is 1. The first-order valence-electron chi connectivity index (χ1n) is 7.30. The summed E-state index contributed by atoms with van der Waals surface area (Å²) < 4.78 is 0. The fraction of sp³-hybridized carbons (Fsp3) is 0.500. The van der Waals surface area contributed by atoms with Gasteiger partial charge in [0.05, 0.1) is 5.41 Å². The van der Waals surface area contributed by atoms with Gasteiger partial charge < -0.3 is 15.5 Å². The fourth-order valence-corrected chi connectivity index (χ4v) is 3.07. The zero-order valence-corrected chi connectivity index (χ0v) is 11.9. The summed E-state index contributed by atoms with van der Waals surface area (Å²) in [5.74, 6) is -1.36. The number of carbonyl (C=O) groups excluding carboxylic acids is 1. The van der Waals surface area contributed by atoms with Gasteiger partial charge in [0.15, 0.2) is 0 Å². The topological polar surface area (TPSA) is 86.6 Å². The number of carbonyl (C=O) groups is 2. The average molecular weight is 291 g/mol. The minimum Gasteiger partial charge on any atom is -0.480 e. The molecule has 1 fully saturated rings. The first kappa shape index (κ1) is 15.5. The quantitative estimate of drug-likeness (QED) is 0.740. The molecular formula is C16H21NO4. The van der Waals surface area contributed by atoms with Crippen LogP contribution < -0.4 is 5.32 Å². The minimum atomic E-state index is -1.11. The molecule has 1 aromatic carbocycles. The Morgan fingerprint density at radius 1 is 1.19 bits per heavy atom. The van der Waals surface area contributed by atoms with E-state index in [1.54, 1.807) is 0 Å². The zero-order valence-electron chi connectivity index (χ0n) is 11.9. The second kappa shape index (κ2) is 6.72. The number of aliphatic hydroxyl groups excluding tert-OH is 1. The lowest BCUT2D eigenvalue weighted by Gasteiger charge is -2.29. The summed E-state index contributed by atoms with van der Waals surface area (Å²) in [7, 11) is 0. The van der Waals surface area contributed by atoms with Crippen molar-refractivity contribution < 1.29 is 19.8 Å². The van der Waals surface area contributed by atoms with E-state index in [1.165, 1.54) is 0 Å². The number of nitrogens with one attached hydrogen (secondary N) is 1. The first-order chi connectivity index (χ1) is 10.1. The van der Waals surface area contributed by atoms with Gasteiger partial charge in [-0.15, -0.1) is 0 Å². The molecule has 3 N–H and O–H groups in total. The molecule has 0 heterocycles. The molecule has 0 unspecified atom stereocenters. The van der Waals surface area contributed by atoms with Gasteiger partial charge in [-0.3, -0.25) is 4.79 Å². The van der Waals surface area contributed by atoms with Crippen molar-refractivity contribution in [2.75, 3.05) is 6.61 Å². The first-order valence-corrected chi connectivity index (χ1v) is 7.30. The number of aliphatic carboxylic acids is 1. The van der Waals surface area contributed by atoms with Gasteiger partial charge in [0.2, 0.25) is 5.91 Å². The van der Waals surface area contributed by atoms with Crippen molar-refractivity contribution in [1.82, 2.24) is 5.32 Å². The highest BCUT2D eigenvalue weighted by Crippen LogP contribution is 2.41. The summed E-state index contributed by atoms with van der Waals surface area (Å²) in [6.45, 7) is -0.268. The standard InChI is InChI=1S/C16H21NO4/c18-11-8-13(14(19)20)17-15(21)16(9-4-5-10-16)12-6-2-1-3-7-12/h1-3,6-7,13,18H,4-5,8-11H2,(H,17,21)(H,19,20)/t13-/m0/s1. The van der Waals surface area contributed by atoms with Crippen molar-refractivity contribution in [3.8, 4) is 0 Å². The molecule has 5 nitrogen and oxygen atoms in total. The van der Waals surface area contributed by atoms with Crippen molar-refractivity contribution in [1.29, 1.82) is 0 Å². The average Bonchev–Trinajstić information content (AvgIpc) is 2.98. The van der Waals surface area contributed by atoms with Crippen molar-refractivity contribution in [2.24, 2.45) is 0 Å². The van der Waals surface area contributed by atoms with Crippen molar-refractivity contribution >= 4 is 11.9 Å². The summed E-state index contributed by atoms with van der Waals surface area (Å²) in [5.41, 5.74) is 0.304. The van der Waals surface area contributed by atoms with Gasteiger partial charge in [0.25, 0.3) is 0 Å². The summed E-state index contributed by atoms with van der Waals surface area (Å²) in [6.07, 6.45) is 3.40. The van der Waals surface area contributed by atoms with Crippen LogP contribution in [0.2, 0.25) is 0 Å². The second-order valence-corrected chi connectivity index (χ2v) is 5.53. The van der Waals surface area contributed by atoms with Crippen molar-refractivity contribution in [3.63, 3.8) is 0 Å². The molecule has 1 aromatic rings. The molecule has 0 saturated heterocycles. The third-order valence-electron chi connectivity index (χ3n) is 4.24. The highest BCUT2D eigenvalue weighted by molar-refractivity contribution is 5.91. The summed E-state index contributed by atoms with van der Waals surface area (Å²) in [5, 5.41) is 20.7. The Balaban J connectivity index is 2.22. The molecule has 1 amide bonds. The number of aliphatic hydroxyl groups is 1. The third-order valence-corrected chi connectivity index (χ3v) is 4.24. The van der Waals surface area contributed by atoms with E-state index in [9.17, 15) is 9.59 Å². The van der Waals surface area contributed by atoms with Gasteiger partial charge >= 0.3 is 5.97 Å². The van der Waals surface area contributed by atoms with Gasteiger partial charge in [0, 0.05) is 13.0 Å². The van der Waals surface area contributed by atoms with E-state index >= 15 is 0 Å². The molecule has 1 atom stereocenters. The molecule has 21 heavy (non-hydrogen) atoms. The van der Waals surface area contributed by atoms with Crippen molar-refractivity contribution in [2.45, 2.75) is 43.6 Å². The second-order valence-electron chi connectivity index (χ2n) is 5.53. The monoisotopic (exact) mass is 291 g/mol. The summed E-state index contributed by atoms with van der Waals surface area (Å²) in [4.78, 5) is 23.9. The normalized spacial score (nSPS) is 18.1. The van der Waals surface area contributed by atoms with E-state index in [4.69, 9.17) is 10.2 Å². The molecule has 1 aliphatic rings. The molecule has 114 valence electrons. The number of benzene rings is 1. The third kappa shape index (κ3) is 3.24. The van der Waals surface area contributed by atoms with Gasteiger partial charge in [-0.05, 0) is 18.4 Å². The molecule has 0 radical (unpaired) electrons. The number of amides is 1. The molecular weight excluding hydrogens is 270 g/mol. The highest BCUT2D eigenvalue weighted by atomic mass is 16.4. The minimum absolute atomic E-state index is 0.0198. The fourth-order valence-electron chi connectivity index (χ4n) is 3.07. The Labute approximate surface area is 124 Å². The number of carboxylic acids is 1. The van der Waals surface area contributed by atoms with Crippen LogP contribution in [0, 0.1) is 0 Å². The van der Waals surface area contributed by atoms with Crippen LogP contribution in [0.15, 0.2) is 30.3 Å². The molecule has 1 aliphatic carbocycles. The maximum atomic E-state index is 12.7. The lowest BCUT2D eigenvalue weighted by molar-refractivity contribution is -0.143. The molecule has 2 rings (SSSR count). The Morgan fingerprint density at radius 3 is 2.33 bits per heavy atom. The lowest BCUT2D eigenvalue weighted by Crippen LogP contribution is -2.50. The highest BCUT2D eigenvalue weighted by Gasteiger charge is 2.43. The van der Waals surface area contributed by atoms with Crippen LogP contribution in [-0.2, 0) is 15.0 Å². The van der Waals surface area contributed by atoms with Gasteiger partial charge in [0.1, 0.15) is 6.04 Å². The molecule has 0 spiro atoms. The van der Waals surface area contributed by atoms with Crippen LogP contribution in [-0.4, -0.2) is 34.7 Å². The van der Waals surface area contributed by atoms with E-state index in [2.05, 4.69) is 5.32 Å². The molecule has 1 saturated carbocycles. The van der Waals surface area contributed by atoms with Crippen LogP contribution >= 0.6 is 0 Å². The predicted octanol–water partition coefficient (Wildman–Crippen LogP) is 1.45. The predicted molar refractivity (Wildman–Crippen MR) is 77.9 cm³/mol. The van der Waals surface area contributed by atoms with E-state index in [1.807, 2.05) is 30.3 Å². The van der Waals surface area contributed by atoms with Gasteiger partial charge in [-0.2, -0.15) is 0 Å². The largest absolute Gasteiger partial charge is 0.480 e. The van der Waals surface area contributed by atoms with Crippen LogP contribution in [0.3, 0.4) is 0 Å². The van der Waals surface area contributed by atoms with Crippen LogP contribution in [0.25, 0.3) is 0 Å². The Kier molecular flexibility index (Phi) is 4.96. The van der Waals surface area contributed by atoms with Gasteiger partial charge in [-0.1, -0.05) is 43.2 Å². The Hall–Kier alpha value is -1.88. The number of hydrogen-bond donors (Lipinski definition) is 3. The molecule has 5 heteroatoms. The zero-order chi connectivity index (χ0) is 15.3. The number of hydrogen-bond acceptors (Lipinski definition) is 3. The molecule has 0 aromatic heterocycles. The smallest absolute Gasteiger partial charge is 0.326 e. The SMILES string of the molecule is O=C(O)[C@H](CCO)NC(=O)C1(c2ccccc2)CCCC1. The maximum Gasteiger partial charge on any atom is 0.326 e. The van der Waals surface area contributed by atoms with Crippen LogP contribution in [0.1, 0.15) is 37.7 Å². The number of rotatable bonds is 6. The Morgan fingerprint density at radius 2 is 1.81 bits per heavy atom. The van der Waals surface area contributed by atoms with E-state index in [-0.39, 0.29) is 18.9 Å². The van der Waals surface area contributed by atoms with E-state index < -0.39 is 17.4 Å². The Bertz CT molecular complexity index is 494. The summed E-state index contributed by atoms with van der Waals surface area (Å²) in [6, 6.07) is 8.49. The van der Waals surface area contributed by atoms with E-state index in [0.29, 0.717) is 0 Å². The molecule has 0 bridgehead atoms.